The highest BCUT2D eigenvalue weighted by atomic mass is 32.2. The lowest BCUT2D eigenvalue weighted by atomic mass is 9.99. The maximum absolute atomic E-state index is 12.9. The highest BCUT2D eigenvalue weighted by Gasteiger charge is 2.33. The molecule has 2 N–H and O–H groups in total. The Morgan fingerprint density at radius 3 is 2.56 bits per heavy atom. The smallest absolute Gasteiger partial charge is 0.269 e. The summed E-state index contributed by atoms with van der Waals surface area (Å²) in [5.74, 6) is -2.08. The summed E-state index contributed by atoms with van der Waals surface area (Å²) in [6.45, 7) is 0.407. The van der Waals surface area contributed by atoms with E-state index in [4.69, 9.17) is 0 Å². The number of carbonyl (C=O) groups is 2. The van der Waals surface area contributed by atoms with Gasteiger partial charge in [-0.05, 0) is 48.6 Å². The number of thiophene rings is 1. The largest absolute Gasteiger partial charge is 0.273 e. The van der Waals surface area contributed by atoms with Gasteiger partial charge in [0, 0.05) is 18.7 Å². The van der Waals surface area contributed by atoms with Crippen LogP contribution in [0.5, 0.6) is 0 Å². The Labute approximate surface area is 160 Å². The van der Waals surface area contributed by atoms with Gasteiger partial charge >= 0.3 is 0 Å². The minimum Gasteiger partial charge on any atom is -0.273 e. The molecule has 1 aliphatic rings. The summed E-state index contributed by atoms with van der Waals surface area (Å²) in [6, 6.07) is 8.08. The van der Waals surface area contributed by atoms with Crippen LogP contribution in [0.4, 0.5) is 4.39 Å². The van der Waals surface area contributed by atoms with Gasteiger partial charge in [0.05, 0.1) is 5.92 Å². The Morgan fingerprint density at radius 1 is 1.15 bits per heavy atom. The normalized spacial score (nSPS) is 18.0. The predicted octanol–water partition coefficient (Wildman–Crippen LogP) is 1.75. The number of rotatable bonds is 4. The maximum Gasteiger partial charge on any atom is 0.269 e. The van der Waals surface area contributed by atoms with Gasteiger partial charge in [0.25, 0.3) is 15.9 Å². The van der Waals surface area contributed by atoms with E-state index >= 15 is 0 Å². The minimum absolute atomic E-state index is 0.0541. The van der Waals surface area contributed by atoms with Gasteiger partial charge in [-0.2, -0.15) is 4.31 Å². The molecule has 1 aliphatic heterocycles. The van der Waals surface area contributed by atoms with E-state index in [1.165, 1.54) is 22.5 Å². The van der Waals surface area contributed by atoms with E-state index in [1.807, 2.05) is 0 Å². The van der Waals surface area contributed by atoms with Crippen molar-refractivity contribution in [3.05, 3.63) is 53.2 Å². The molecule has 1 aromatic carbocycles. The monoisotopic (exact) mass is 411 g/mol. The van der Waals surface area contributed by atoms with Crippen molar-refractivity contribution in [1.82, 2.24) is 15.2 Å². The van der Waals surface area contributed by atoms with Crippen LogP contribution in [0.3, 0.4) is 0 Å². The molecule has 1 aromatic heterocycles. The fraction of sp³-hybridized carbons (Fsp3) is 0.294. The number of nitrogens with zero attached hydrogens (tertiary/aromatic N) is 1. The van der Waals surface area contributed by atoms with Gasteiger partial charge in [-0.3, -0.25) is 20.4 Å². The van der Waals surface area contributed by atoms with Crippen LogP contribution >= 0.6 is 11.3 Å². The molecule has 144 valence electrons. The van der Waals surface area contributed by atoms with Crippen molar-refractivity contribution in [3.63, 3.8) is 0 Å². The Kier molecular flexibility index (Phi) is 5.88. The molecule has 2 aromatic rings. The average molecular weight is 411 g/mol. The third-order valence-corrected chi connectivity index (χ3v) is 7.49. The molecule has 0 aliphatic carbocycles. The van der Waals surface area contributed by atoms with Crippen LogP contribution in [0.15, 0.2) is 46.0 Å². The van der Waals surface area contributed by atoms with Gasteiger partial charge in [0.1, 0.15) is 10.0 Å². The second-order valence-corrected chi connectivity index (χ2v) is 9.20. The highest BCUT2D eigenvalue weighted by molar-refractivity contribution is 7.91. The van der Waals surface area contributed by atoms with Crippen LogP contribution in [0.25, 0.3) is 0 Å². The van der Waals surface area contributed by atoms with Gasteiger partial charge in [-0.1, -0.05) is 6.07 Å². The second-order valence-electron chi connectivity index (χ2n) is 6.08. The van der Waals surface area contributed by atoms with Crippen LogP contribution in [0.2, 0.25) is 0 Å². The topological polar surface area (TPSA) is 95.6 Å². The van der Waals surface area contributed by atoms with Crippen LogP contribution in [-0.4, -0.2) is 37.6 Å². The summed E-state index contributed by atoms with van der Waals surface area (Å²) < 4.78 is 39.6. The molecule has 2 amide bonds. The summed E-state index contributed by atoms with van der Waals surface area (Å²) >= 11 is 1.13. The van der Waals surface area contributed by atoms with Gasteiger partial charge in [0.2, 0.25) is 5.91 Å². The molecular weight excluding hydrogens is 393 g/mol. The first-order valence-electron chi connectivity index (χ1n) is 8.27. The van der Waals surface area contributed by atoms with Crippen molar-refractivity contribution in [2.75, 3.05) is 13.1 Å². The van der Waals surface area contributed by atoms with E-state index in [2.05, 4.69) is 10.9 Å². The van der Waals surface area contributed by atoms with Gasteiger partial charge in [0.15, 0.2) is 0 Å². The summed E-state index contributed by atoms with van der Waals surface area (Å²) in [5, 5.41) is 1.69. The third-order valence-electron chi connectivity index (χ3n) is 4.25. The average Bonchev–Trinajstić information content (AvgIpc) is 3.22. The van der Waals surface area contributed by atoms with Crippen molar-refractivity contribution >= 4 is 33.2 Å². The summed E-state index contributed by atoms with van der Waals surface area (Å²) in [5.41, 5.74) is 4.79. The van der Waals surface area contributed by atoms with Gasteiger partial charge in [-0.15, -0.1) is 11.3 Å². The molecule has 1 unspecified atom stereocenters. The number of sulfonamides is 1. The summed E-state index contributed by atoms with van der Waals surface area (Å²) in [4.78, 5) is 24.3. The highest BCUT2D eigenvalue weighted by Crippen LogP contribution is 2.26. The van der Waals surface area contributed by atoms with Crippen molar-refractivity contribution in [1.29, 1.82) is 0 Å². The molecule has 7 nitrogen and oxygen atoms in total. The standard InChI is InChI=1S/C17H18FN3O4S2/c18-14-7-5-12(6-8-14)16(22)19-20-17(23)13-3-1-9-21(11-13)27(24,25)15-4-2-10-26-15/h2,4-8,10,13H,1,3,9,11H2,(H,19,22)(H,20,23). The van der Waals surface area contributed by atoms with Crippen LogP contribution in [0, 0.1) is 11.7 Å². The second kappa shape index (κ2) is 8.15. The molecule has 3 rings (SSSR count). The molecule has 10 heteroatoms. The first-order chi connectivity index (χ1) is 12.9. The molecular formula is C17H18FN3O4S2. The molecule has 1 saturated heterocycles. The zero-order valence-electron chi connectivity index (χ0n) is 14.2. The molecule has 0 radical (unpaired) electrons. The number of benzene rings is 1. The molecule has 0 saturated carbocycles. The van der Waals surface area contributed by atoms with Crippen LogP contribution in [0.1, 0.15) is 23.2 Å². The Bertz CT molecular complexity index is 914. The molecule has 0 bridgehead atoms. The van der Waals surface area contributed by atoms with E-state index in [1.54, 1.807) is 11.4 Å². The van der Waals surface area contributed by atoms with Crippen LogP contribution < -0.4 is 10.9 Å². The number of hydrogen-bond acceptors (Lipinski definition) is 5. The van der Waals surface area contributed by atoms with Crippen LogP contribution in [-0.2, 0) is 14.8 Å². The number of carbonyl (C=O) groups excluding carboxylic acids is 2. The number of amides is 2. The lowest BCUT2D eigenvalue weighted by Crippen LogP contribution is -2.49. The predicted molar refractivity (Wildman–Crippen MR) is 97.8 cm³/mol. The quantitative estimate of drug-likeness (QED) is 0.750. The fourth-order valence-electron chi connectivity index (χ4n) is 2.81. The first kappa shape index (κ1) is 19.5. The zero-order chi connectivity index (χ0) is 19.4. The SMILES string of the molecule is O=C(NNC(=O)C1CCCN(S(=O)(=O)c2cccs2)C1)c1ccc(F)cc1. The molecule has 1 atom stereocenters. The zero-order valence-corrected chi connectivity index (χ0v) is 15.9. The molecule has 1 fully saturated rings. The first-order valence-corrected chi connectivity index (χ1v) is 10.6. The lowest BCUT2D eigenvalue weighted by molar-refractivity contribution is -0.126. The number of hydrogen-bond donors (Lipinski definition) is 2. The van der Waals surface area contributed by atoms with E-state index in [0.29, 0.717) is 19.4 Å². The summed E-state index contributed by atoms with van der Waals surface area (Å²) in [6.07, 6.45) is 1.07. The van der Waals surface area contributed by atoms with Crippen molar-refractivity contribution in [2.24, 2.45) is 5.92 Å². The molecule has 2 heterocycles. The molecule has 0 spiro atoms. The number of piperidine rings is 1. The van der Waals surface area contributed by atoms with E-state index in [9.17, 15) is 22.4 Å². The Morgan fingerprint density at radius 2 is 1.89 bits per heavy atom. The Balaban J connectivity index is 1.58. The van der Waals surface area contributed by atoms with E-state index < -0.39 is 33.6 Å². The number of halogens is 1. The Hall–Kier alpha value is -2.30. The molecule has 27 heavy (non-hydrogen) atoms. The van der Waals surface area contributed by atoms with Gasteiger partial charge < -0.3 is 0 Å². The van der Waals surface area contributed by atoms with Crippen molar-refractivity contribution in [3.8, 4) is 0 Å². The number of hydrazine groups is 1. The van der Waals surface area contributed by atoms with E-state index in [0.717, 1.165) is 23.5 Å². The minimum atomic E-state index is -3.61. The fourth-order valence-corrected chi connectivity index (χ4v) is 5.47. The van der Waals surface area contributed by atoms with Crippen molar-refractivity contribution in [2.45, 2.75) is 17.1 Å². The van der Waals surface area contributed by atoms with Crippen molar-refractivity contribution < 1.29 is 22.4 Å². The lowest BCUT2D eigenvalue weighted by Gasteiger charge is -2.30. The van der Waals surface area contributed by atoms with E-state index in [-0.39, 0.29) is 16.3 Å². The number of nitrogens with one attached hydrogen (secondary N) is 2. The third kappa shape index (κ3) is 4.52. The maximum atomic E-state index is 12.9. The summed E-state index contributed by atoms with van der Waals surface area (Å²) in [7, 11) is -3.61. The van der Waals surface area contributed by atoms with Gasteiger partial charge in [-0.25, -0.2) is 12.8 Å².